The second-order valence-corrected chi connectivity index (χ2v) is 7.06. The average molecular weight is 372 g/mol. The van der Waals surface area contributed by atoms with Gasteiger partial charge in [-0.25, -0.2) is 14.5 Å². The Hall–Kier alpha value is -2.47. The molecule has 136 valence electrons. The van der Waals surface area contributed by atoms with Crippen LogP contribution in [0, 0.1) is 5.92 Å². The van der Waals surface area contributed by atoms with E-state index in [9.17, 15) is 4.79 Å². The van der Waals surface area contributed by atoms with Crippen molar-refractivity contribution in [2.75, 3.05) is 0 Å². The largest absolute Gasteiger partial charge is 0.345 e. The van der Waals surface area contributed by atoms with E-state index in [0.29, 0.717) is 41.2 Å². The van der Waals surface area contributed by atoms with E-state index in [1.807, 2.05) is 37.3 Å². The predicted octanol–water partition coefficient (Wildman–Crippen LogP) is 3.49. The summed E-state index contributed by atoms with van der Waals surface area (Å²) in [5.41, 5.74) is 1.95. The number of aromatic amines is 1. The minimum atomic E-state index is -0.372. The van der Waals surface area contributed by atoms with E-state index in [-0.39, 0.29) is 5.69 Å². The van der Waals surface area contributed by atoms with Gasteiger partial charge in [-0.05, 0) is 30.0 Å². The van der Waals surface area contributed by atoms with Crippen molar-refractivity contribution < 1.29 is 0 Å². The van der Waals surface area contributed by atoms with Crippen LogP contribution in [0.2, 0.25) is 5.02 Å². The van der Waals surface area contributed by atoms with Gasteiger partial charge in [0.25, 0.3) is 0 Å². The molecule has 7 heteroatoms. The second-order valence-electron chi connectivity index (χ2n) is 6.65. The fourth-order valence-electron chi connectivity index (χ4n) is 2.80. The lowest BCUT2D eigenvalue weighted by Crippen LogP contribution is -2.16. The van der Waals surface area contributed by atoms with E-state index >= 15 is 0 Å². The van der Waals surface area contributed by atoms with Gasteiger partial charge in [0.05, 0.1) is 6.54 Å². The van der Waals surface area contributed by atoms with Gasteiger partial charge < -0.3 is 4.98 Å². The maximum Gasteiger partial charge on any atom is 0.345 e. The number of rotatable bonds is 6. The Kier molecular flexibility index (Phi) is 5.52. The fourth-order valence-corrected chi connectivity index (χ4v) is 2.99. The molecule has 1 N–H and O–H groups in total. The number of hydrogen-bond donors (Lipinski definition) is 1. The van der Waals surface area contributed by atoms with Gasteiger partial charge >= 0.3 is 5.69 Å². The van der Waals surface area contributed by atoms with Crippen molar-refractivity contribution in [2.24, 2.45) is 5.92 Å². The molecule has 0 radical (unpaired) electrons. The number of benzene rings is 1. The van der Waals surface area contributed by atoms with Gasteiger partial charge in [0.2, 0.25) is 0 Å². The Morgan fingerprint density at radius 3 is 2.69 bits per heavy atom. The monoisotopic (exact) mass is 371 g/mol. The van der Waals surface area contributed by atoms with Crippen LogP contribution in [0.5, 0.6) is 0 Å². The van der Waals surface area contributed by atoms with Crippen LogP contribution in [0.25, 0.3) is 11.5 Å². The van der Waals surface area contributed by atoms with E-state index in [0.717, 1.165) is 17.7 Å². The molecule has 0 amide bonds. The molecule has 0 unspecified atom stereocenters. The Labute approximate surface area is 157 Å². The summed E-state index contributed by atoms with van der Waals surface area (Å²) in [4.78, 5) is 23.5. The number of halogens is 1. The zero-order valence-corrected chi connectivity index (χ0v) is 15.9. The zero-order valence-electron chi connectivity index (χ0n) is 15.2. The van der Waals surface area contributed by atoms with Crippen molar-refractivity contribution >= 4 is 11.6 Å². The molecule has 3 aromatic rings. The summed E-state index contributed by atoms with van der Waals surface area (Å²) in [6.07, 6.45) is 1.47. The fraction of sp³-hybridized carbons (Fsp3) is 0.368. The molecule has 0 aliphatic carbocycles. The minimum absolute atomic E-state index is 0.372. The molecule has 0 spiro atoms. The molecule has 2 heterocycles. The summed E-state index contributed by atoms with van der Waals surface area (Å²) in [7, 11) is 0. The number of aromatic nitrogens is 5. The van der Waals surface area contributed by atoms with Gasteiger partial charge in [0.1, 0.15) is 5.69 Å². The quantitative estimate of drug-likeness (QED) is 0.719. The number of H-pyrrole nitrogens is 1. The molecule has 0 aliphatic rings. The van der Waals surface area contributed by atoms with Crippen LogP contribution < -0.4 is 5.69 Å². The van der Waals surface area contributed by atoms with Gasteiger partial charge in [0.15, 0.2) is 11.6 Å². The summed E-state index contributed by atoms with van der Waals surface area (Å²) in [5.74, 6) is 1.71. The Balaban J connectivity index is 2.05. The molecular formula is C19H22ClN5O. The SMILES string of the molecule is CCc1nc(-c2cc(CC(C)C)[nH]c(=O)n2)n(Cc2ccccc2Cl)n1. The van der Waals surface area contributed by atoms with Crippen molar-refractivity contribution in [3.8, 4) is 11.5 Å². The van der Waals surface area contributed by atoms with Crippen molar-refractivity contribution in [1.29, 1.82) is 0 Å². The van der Waals surface area contributed by atoms with Crippen molar-refractivity contribution in [3.05, 3.63) is 62.9 Å². The average Bonchev–Trinajstić information content (AvgIpc) is 2.99. The molecule has 6 nitrogen and oxygen atoms in total. The standard InChI is InChI=1S/C19H22ClN5O/c1-4-17-23-18(16-10-14(9-12(2)3)21-19(26)22-16)25(24-17)11-13-7-5-6-8-15(13)20/h5-8,10,12H,4,9,11H2,1-3H3,(H,21,22,26). The number of nitrogens with zero attached hydrogens (tertiary/aromatic N) is 4. The van der Waals surface area contributed by atoms with Crippen LogP contribution in [0.15, 0.2) is 35.1 Å². The highest BCUT2D eigenvalue weighted by molar-refractivity contribution is 6.31. The molecule has 0 aliphatic heterocycles. The highest BCUT2D eigenvalue weighted by Gasteiger charge is 2.16. The van der Waals surface area contributed by atoms with Crippen molar-refractivity contribution in [3.63, 3.8) is 0 Å². The van der Waals surface area contributed by atoms with Crippen molar-refractivity contribution in [2.45, 2.75) is 40.2 Å². The molecule has 3 rings (SSSR count). The van der Waals surface area contributed by atoms with E-state index < -0.39 is 0 Å². The highest BCUT2D eigenvalue weighted by Crippen LogP contribution is 2.21. The lowest BCUT2D eigenvalue weighted by Gasteiger charge is -2.09. The zero-order chi connectivity index (χ0) is 18.7. The molecular weight excluding hydrogens is 350 g/mol. The molecule has 0 atom stereocenters. The first-order valence-corrected chi connectivity index (χ1v) is 9.11. The summed E-state index contributed by atoms with van der Waals surface area (Å²) in [6, 6.07) is 9.51. The third-order valence-electron chi connectivity index (χ3n) is 3.97. The predicted molar refractivity (Wildman–Crippen MR) is 102 cm³/mol. The minimum Gasteiger partial charge on any atom is -0.310 e. The first-order chi connectivity index (χ1) is 12.5. The molecule has 0 saturated carbocycles. The number of nitrogens with one attached hydrogen (secondary N) is 1. The van der Waals surface area contributed by atoms with Gasteiger partial charge in [-0.2, -0.15) is 10.1 Å². The third kappa shape index (κ3) is 4.19. The van der Waals surface area contributed by atoms with E-state index in [1.165, 1.54) is 0 Å². The van der Waals surface area contributed by atoms with Gasteiger partial charge in [-0.3, -0.25) is 0 Å². The van der Waals surface area contributed by atoms with Gasteiger partial charge in [0, 0.05) is 17.1 Å². The van der Waals surface area contributed by atoms with Crippen molar-refractivity contribution in [1.82, 2.24) is 24.7 Å². The molecule has 2 aromatic heterocycles. The summed E-state index contributed by atoms with van der Waals surface area (Å²) in [5, 5.41) is 5.23. The van der Waals surface area contributed by atoms with E-state index in [1.54, 1.807) is 4.68 Å². The second kappa shape index (κ2) is 7.83. The Morgan fingerprint density at radius 1 is 1.23 bits per heavy atom. The van der Waals surface area contributed by atoms with Crippen LogP contribution in [-0.2, 0) is 19.4 Å². The first kappa shape index (κ1) is 18.3. The molecule has 0 bridgehead atoms. The normalized spacial score (nSPS) is 11.3. The van der Waals surface area contributed by atoms with E-state index in [2.05, 4.69) is 33.9 Å². The number of hydrogen-bond acceptors (Lipinski definition) is 4. The molecule has 1 aromatic carbocycles. The smallest absolute Gasteiger partial charge is 0.310 e. The Bertz CT molecular complexity index is 961. The maximum absolute atomic E-state index is 12.0. The summed E-state index contributed by atoms with van der Waals surface area (Å²) < 4.78 is 1.76. The highest BCUT2D eigenvalue weighted by atomic mass is 35.5. The first-order valence-electron chi connectivity index (χ1n) is 8.74. The van der Waals surface area contributed by atoms with Crippen LogP contribution >= 0.6 is 11.6 Å². The van der Waals surface area contributed by atoms with Crippen LogP contribution in [0.3, 0.4) is 0 Å². The topological polar surface area (TPSA) is 76.5 Å². The molecule has 0 saturated heterocycles. The maximum atomic E-state index is 12.0. The number of aryl methyl sites for hydroxylation is 1. The molecule has 26 heavy (non-hydrogen) atoms. The lowest BCUT2D eigenvalue weighted by molar-refractivity contribution is 0.631. The van der Waals surface area contributed by atoms with Crippen LogP contribution in [-0.4, -0.2) is 24.7 Å². The van der Waals surface area contributed by atoms with Crippen LogP contribution in [0.1, 0.15) is 37.9 Å². The summed E-state index contributed by atoms with van der Waals surface area (Å²) in [6.45, 7) is 6.67. The molecule has 0 fully saturated rings. The van der Waals surface area contributed by atoms with E-state index in [4.69, 9.17) is 11.6 Å². The lowest BCUT2D eigenvalue weighted by atomic mass is 10.1. The van der Waals surface area contributed by atoms with Gasteiger partial charge in [-0.15, -0.1) is 0 Å². The third-order valence-corrected chi connectivity index (χ3v) is 4.34. The van der Waals surface area contributed by atoms with Crippen LogP contribution in [0.4, 0.5) is 0 Å². The Morgan fingerprint density at radius 2 is 2.00 bits per heavy atom. The summed E-state index contributed by atoms with van der Waals surface area (Å²) >= 11 is 6.29. The van der Waals surface area contributed by atoms with Gasteiger partial charge in [-0.1, -0.05) is 50.6 Å².